The number of thiazole rings is 1. The van der Waals surface area contributed by atoms with Gasteiger partial charge in [0.2, 0.25) is 0 Å². The first-order valence-corrected chi connectivity index (χ1v) is 6.23. The molecule has 0 fully saturated rings. The van der Waals surface area contributed by atoms with E-state index in [1.54, 1.807) is 11.3 Å². The second-order valence-corrected chi connectivity index (χ2v) is 4.55. The zero-order valence-electron chi connectivity index (χ0n) is 9.71. The van der Waals surface area contributed by atoms with Crippen molar-refractivity contribution >= 4 is 17.3 Å². The molecule has 17 heavy (non-hydrogen) atoms. The molecule has 88 valence electrons. The molecular weight excluding hydrogens is 234 g/mol. The van der Waals surface area contributed by atoms with Gasteiger partial charge in [-0.1, -0.05) is 30.3 Å². The van der Waals surface area contributed by atoms with Crippen molar-refractivity contribution in [2.75, 3.05) is 0 Å². The Morgan fingerprint density at radius 3 is 2.71 bits per heavy atom. The van der Waals surface area contributed by atoms with Gasteiger partial charge < -0.3 is 4.74 Å². The molecule has 0 aliphatic rings. The first-order chi connectivity index (χ1) is 8.16. The molecular formula is C13H13NO2S. The topological polar surface area (TPSA) is 39.2 Å². The molecule has 1 aromatic heterocycles. The molecule has 0 aliphatic carbocycles. The van der Waals surface area contributed by atoms with E-state index in [-0.39, 0.29) is 12.1 Å². The van der Waals surface area contributed by atoms with Crippen molar-refractivity contribution < 1.29 is 9.53 Å². The molecule has 1 heterocycles. The van der Waals surface area contributed by atoms with Crippen molar-refractivity contribution in [1.82, 2.24) is 4.98 Å². The summed E-state index contributed by atoms with van der Waals surface area (Å²) in [5.41, 5.74) is 1.88. The molecule has 0 saturated heterocycles. The molecule has 3 nitrogen and oxygen atoms in total. The standard InChI is InChI=1S/C13H13NO2S/c1-9(16-10(2)15)12-8-17-13(14-12)11-6-4-3-5-7-11/h3-9H,1-2H3/t9-/m1/s1. The summed E-state index contributed by atoms with van der Waals surface area (Å²) in [6.45, 7) is 3.23. The first kappa shape index (κ1) is 11.8. The van der Waals surface area contributed by atoms with Crippen molar-refractivity contribution in [3.05, 3.63) is 41.4 Å². The number of ether oxygens (including phenoxy) is 1. The van der Waals surface area contributed by atoms with Gasteiger partial charge in [0.15, 0.2) is 0 Å². The van der Waals surface area contributed by atoms with Crippen LogP contribution in [0.2, 0.25) is 0 Å². The van der Waals surface area contributed by atoms with Gasteiger partial charge in [0, 0.05) is 17.9 Å². The lowest BCUT2D eigenvalue weighted by molar-refractivity contribution is -0.145. The normalized spacial score (nSPS) is 12.1. The third-order valence-corrected chi connectivity index (χ3v) is 3.21. The Morgan fingerprint density at radius 1 is 1.35 bits per heavy atom. The quantitative estimate of drug-likeness (QED) is 0.780. The molecule has 0 saturated carbocycles. The number of hydrogen-bond donors (Lipinski definition) is 0. The number of carbonyl (C=O) groups excluding carboxylic acids is 1. The van der Waals surface area contributed by atoms with Gasteiger partial charge in [-0.25, -0.2) is 4.98 Å². The summed E-state index contributed by atoms with van der Waals surface area (Å²) in [4.78, 5) is 15.3. The van der Waals surface area contributed by atoms with Gasteiger partial charge in [-0.05, 0) is 6.92 Å². The molecule has 0 aliphatic heterocycles. The number of rotatable bonds is 3. The summed E-state index contributed by atoms with van der Waals surface area (Å²) < 4.78 is 5.09. The number of aromatic nitrogens is 1. The van der Waals surface area contributed by atoms with Crippen LogP contribution in [0.3, 0.4) is 0 Å². The Morgan fingerprint density at radius 2 is 2.06 bits per heavy atom. The van der Waals surface area contributed by atoms with Crippen molar-refractivity contribution in [1.29, 1.82) is 0 Å². The largest absolute Gasteiger partial charge is 0.456 e. The van der Waals surface area contributed by atoms with E-state index in [0.29, 0.717) is 0 Å². The van der Waals surface area contributed by atoms with Crippen molar-refractivity contribution in [2.45, 2.75) is 20.0 Å². The fraction of sp³-hybridized carbons (Fsp3) is 0.231. The van der Waals surface area contributed by atoms with E-state index in [1.807, 2.05) is 42.6 Å². The van der Waals surface area contributed by atoms with Crippen molar-refractivity contribution in [2.24, 2.45) is 0 Å². The van der Waals surface area contributed by atoms with Crippen LogP contribution in [-0.2, 0) is 9.53 Å². The van der Waals surface area contributed by atoms with Gasteiger partial charge in [0.05, 0.1) is 5.69 Å². The molecule has 2 aromatic rings. The molecule has 2 rings (SSSR count). The molecule has 1 aromatic carbocycles. The van der Waals surface area contributed by atoms with Crippen molar-refractivity contribution in [3.8, 4) is 10.6 Å². The minimum atomic E-state index is -0.291. The van der Waals surface area contributed by atoms with Crippen molar-refractivity contribution in [3.63, 3.8) is 0 Å². The molecule has 1 atom stereocenters. The van der Waals surface area contributed by atoms with Crippen LogP contribution in [0, 0.1) is 0 Å². The van der Waals surface area contributed by atoms with Crippen LogP contribution in [-0.4, -0.2) is 11.0 Å². The Hall–Kier alpha value is -1.68. The SMILES string of the molecule is CC(=O)O[C@H](C)c1csc(-c2ccccc2)n1. The predicted molar refractivity (Wildman–Crippen MR) is 67.7 cm³/mol. The van der Waals surface area contributed by atoms with Crippen LogP contribution < -0.4 is 0 Å². The van der Waals surface area contributed by atoms with Gasteiger partial charge in [-0.15, -0.1) is 11.3 Å². The van der Waals surface area contributed by atoms with Crippen LogP contribution in [0.1, 0.15) is 25.6 Å². The highest BCUT2D eigenvalue weighted by Crippen LogP contribution is 2.27. The Balaban J connectivity index is 2.19. The smallest absolute Gasteiger partial charge is 0.303 e. The fourth-order valence-corrected chi connectivity index (χ4v) is 2.40. The predicted octanol–water partition coefficient (Wildman–Crippen LogP) is 3.43. The van der Waals surface area contributed by atoms with Crippen LogP contribution in [0.4, 0.5) is 0 Å². The zero-order valence-corrected chi connectivity index (χ0v) is 10.5. The number of nitrogens with zero attached hydrogens (tertiary/aromatic N) is 1. The first-order valence-electron chi connectivity index (χ1n) is 5.35. The lowest BCUT2D eigenvalue weighted by Gasteiger charge is -2.07. The lowest BCUT2D eigenvalue weighted by Crippen LogP contribution is -2.04. The maximum Gasteiger partial charge on any atom is 0.303 e. The second-order valence-electron chi connectivity index (χ2n) is 3.70. The van der Waals surface area contributed by atoms with E-state index in [1.165, 1.54) is 6.92 Å². The second kappa shape index (κ2) is 5.10. The maximum absolute atomic E-state index is 10.9. The van der Waals surface area contributed by atoms with Crippen LogP contribution in [0.25, 0.3) is 10.6 Å². The van der Waals surface area contributed by atoms with Gasteiger partial charge in [0.25, 0.3) is 0 Å². The third kappa shape index (κ3) is 2.91. The molecule has 0 spiro atoms. The van der Waals surface area contributed by atoms with Gasteiger partial charge in [-0.3, -0.25) is 4.79 Å². The fourth-order valence-electron chi connectivity index (χ4n) is 1.50. The number of esters is 1. The maximum atomic E-state index is 10.9. The van der Waals surface area contributed by atoms with E-state index in [4.69, 9.17) is 4.74 Å². The summed E-state index contributed by atoms with van der Waals surface area (Å²) in [5, 5.41) is 2.87. The van der Waals surface area contributed by atoms with Gasteiger partial charge in [0.1, 0.15) is 11.1 Å². The zero-order chi connectivity index (χ0) is 12.3. The molecule has 0 radical (unpaired) electrons. The number of benzene rings is 1. The van der Waals surface area contributed by atoms with E-state index < -0.39 is 0 Å². The summed E-state index contributed by atoms with van der Waals surface area (Å²) in [6.07, 6.45) is -0.291. The van der Waals surface area contributed by atoms with Crippen LogP contribution in [0.5, 0.6) is 0 Å². The van der Waals surface area contributed by atoms with E-state index in [0.717, 1.165) is 16.3 Å². The highest BCUT2D eigenvalue weighted by molar-refractivity contribution is 7.13. The molecule has 0 N–H and O–H groups in total. The summed E-state index contributed by atoms with van der Waals surface area (Å²) >= 11 is 1.56. The summed E-state index contributed by atoms with van der Waals surface area (Å²) in [5.74, 6) is -0.285. The van der Waals surface area contributed by atoms with Crippen LogP contribution >= 0.6 is 11.3 Å². The average Bonchev–Trinajstić information content (AvgIpc) is 2.78. The minimum Gasteiger partial charge on any atom is -0.456 e. The molecule has 0 unspecified atom stereocenters. The Kier molecular flexibility index (Phi) is 3.54. The average molecular weight is 247 g/mol. The number of hydrogen-bond acceptors (Lipinski definition) is 4. The van der Waals surface area contributed by atoms with E-state index >= 15 is 0 Å². The third-order valence-electron chi connectivity index (χ3n) is 2.30. The highest BCUT2D eigenvalue weighted by atomic mass is 32.1. The molecule has 4 heteroatoms. The minimum absolute atomic E-state index is 0.285. The Bertz CT molecular complexity index is 507. The summed E-state index contributed by atoms with van der Waals surface area (Å²) in [7, 11) is 0. The molecule has 0 bridgehead atoms. The van der Waals surface area contributed by atoms with E-state index in [9.17, 15) is 4.79 Å². The number of carbonyl (C=O) groups is 1. The van der Waals surface area contributed by atoms with Gasteiger partial charge >= 0.3 is 5.97 Å². The Labute approximate surface area is 104 Å². The van der Waals surface area contributed by atoms with E-state index in [2.05, 4.69) is 4.98 Å². The highest BCUT2D eigenvalue weighted by Gasteiger charge is 2.13. The molecule has 0 amide bonds. The van der Waals surface area contributed by atoms with Gasteiger partial charge in [-0.2, -0.15) is 0 Å². The van der Waals surface area contributed by atoms with Crippen LogP contribution in [0.15, 0.2) is 35.7 Å². The lowest BCUT2D eigenvalue weighted by atomic mass is 10.2. The monoisotopic (exact) mass is 247 g/mol. The summed E-state index contributed by atoms with van der Waals surface area (Å²) in [6, 6.07) is 9.95.